The minimum atomic E-state index is -1.35. The first-order valence-corrected chi connectivity index (χ1v) is 8.83. The Morgan fingerprint density at radius 3 is 2.55 bits per heavy atom. The van der Waals surface area contributed by atoms with Crippen molar-refractivity contribution in [2.24, 2.45) is 21.9 Å². The van der Waals surface area contributed by atoms with Crippen molar-refractivity contribution in [3.05, 3.63) is 64.2 Å². The maximum absolute atomic E-state index is 12.9. The molecule has 1 heterocycles. The Morgan fingerprint density at radius 2 is 1.97 bits per heavy atom. The number of para-hydroxylation sites is 1. The van der Waals surface area contributed by atoms with Crippen LogP contribution < -0.4 is 5.01 Å². The molecule has 148 valence electrons. The van der Waals surface area contributed by atoms with Gasteiger partial charge in [-0.25, -0.2) is 4.79 Å². The van der Waals surface area contributed by atoms with E-state index in [2.05, 4.69) is 10.1 Å². The van der Waals surface area contributed by atoms with E-state index in [9.17, 15) is 24.8 Å². The molecule has 1 aliphatic heterocycles. The molecule has 0 bridgehead atoms. The standard InChI is InChI=1S/C20H18N4O5/c1-12(2)18-16(19(25)23(22-18)13-6-4-3-5-7-13)11-21-17-9-8-14(24(28)29)10-15(17)20(26)27/h3-12,16H,1-2H3,(H,26,27)/b21-11+. The lowest BCUT2D eigenvalue weighted by atomic mass is 9.95. The first kappa shape index (κ1) is 19.9. The molecule has 2 aromatic rings. The van der Waals surface area contributed by atoms with Crippen molar-refractivity contribution in [2.75, 3.05) is 5.01 Å². The number of aromatic carboxylic acids is 1. The van der Waals surface area contributed by atoms with E-state index in [0.29, 0.717) is 11.4 Å². The van der Waals surface area contributed by atoms with Crippen LogP contribution in [0.3, 0.4) is 0 Å². The summed E-state index contributed by atoms with van der Waals surface area (Å²) in [7, 11) is 0. The van der Waals surface area contributed by atoms with Crippen LogP contribution in [0.2, 0.25) is 0 Å². The van der Waals surface area contributed by atoms with Crippen LogP contribution in [0.15, 0.2) is 58.6 Å². The van der Waals surface area contributed by atoms with Gasteiger partial charge in [-0.1, -0.05) is 32.0 Å². The van der Waals surface area contributed by atoms with Gasteiger partial charge in [0.2, 0.25) is 0 Å². The normalized spacial score (nSPS) is 16.5. The number of benzene rings is 2. The first-order chi connectivity index (χ1) is 13.8. The molecule has 1 N–H and O–H groups in total. The fourth-order valence-electron chi connectivity index (χ4n) is 2.93. The van der Waals surface area contributed by atoms with Crippen molar-refractivity contribution >= 4 is 40.9 Å². The molecule has 1 amide bonds. The number of nitro groups is 1. The highest BCUT2D eigenvalue weighted by molar-refractivity contribution is 6.24. The van der Waals surface area contributed by atoms with E-state index in [4.69, 9.17) is 0 Å². The Balaban J connectivity index is 1.96. The van der Waals surface area contributed by atoms with Gasteiger partial charge in [0.05, 0.1) is 27.6 Å². The Labute approximate surface area is 166 Å². The zero-order chi connectivity index (χ0) is 21.1. The Hall–Kier alpha value is -3.88. The molecule has 0 saturated carbocycles. The minimum absolute atomic E-state index is 0.0252. The van der Waals surface area contributed by atoms with Crippen molar-refractivity contribution in [1.29, 1.82) is 0 Å². The van der Waals surface area contributed by atoms with E-state index in [0.717, 1.165) is 6.07 Å². The number of nitro benzene ring substituents is 1. The quantitative estimate of drug-likeness (QED) is 0.454. The van der Waals surface area contributed by atoms with E-state index in [1.165, 1.54) is 23.4 Å². The van der Waals surface area contributed by atoms with Gasteiger partial charge in [0, 0.05) is 18.3 Å². The maximum Gasteiger partial charge on any atom is 0.338 e. The summed E-state index contributed by atoms with van der Waals surface area (Å²) in [5.41, 5.74) is 0.577. The lowest BCUT2D eigenvalue weighted by molar-refractivity contribution is -0.384. The summed E-state index contributed by atoms with van der Waals surface area (Å²) in [4.78, 5) is 38.8. The van der Waals surface area contributed by atoms with Crippen molar-refractivity contribution in [3.63, 3.8) is 0 Å². The summed E-state index contributed by atoms with van der Waals surface area (Å²) in [6, 6.07) is 12.3. The van der Waals surface area contributed by atoms with Gasteiger partial charge in [0.25, 0.3) is 11.6 Å². The van der Waals surface area contributed by atoms with Gasteiger partial charge in [-0.3, -0.25) is 19.9 Å². The van der Waals surface area contributed by atoms with Crippen molar-refractivity contribution in [3.8, 4) is 0 Å². The minimum Gasteiger partial charge on any atom is -0.478 e. The topological polar surface area (TPSA) is 125 Å². The van der Waals surface area contributed by atoms with Crippen LogP contribution in [0.25, 0.3) is 0 Å². The maximum atomic E-state index is 12.9. The molecule has 1 unspecified atom stereocenters. The van der Waals surface area contributed by atoms with Crippen LogP contribution in [0.4, 0.5) is 17.1 Å². The summed E-state index contributed by atoms with van der Waals surface area (Å²) >= 11 is 0. The van der Waals surface area contributed by atoms with Crippen LogP contribution >= 0.6 is 0 Å². The largest absolute Gasteiger partial charge is 0.478 e. The molecule has 3 rings (SSSR count). The fourth-order valence-corrected chi connectivity index (χ4v) is 2.93. The van der Waals surface area contributed by atoms with Crippen LogP contribution in [0.1, 0.15) is 24.2 Å². The van der Waals surface area contributed by atoms with Crippen LogP contribution in [0.5, 0.6) is 0 Å². The number of rotatable bonds is 6. The number of hydrogen-bond acceptors (Lipinski definition) is 6. The van der Waals surface area contributed by atoms with Gasteiger partial charge in [0.15, 0.2) is 0 Å². The molecular formula is C20H18N4O5. The number of hydrogen-bond donors (Lipinski definition) is 1. The number of nitrogens with zero attached hydrogens (tertiary/aromatic N) is 4. The summed E-state index contributed by atoms with van der Waals surface area (Å²) in [5.74, 6) is -2.45. The highest BCUT2D eigenvalue weighted by Crippen LogP contribution is 2.28. The van der Waals surface area contributed by atoms with E-state index in [1.54, 1.807) is 24.3 Å². The zero-order valence-electron chi connectivity index (χ0n) is 15.7. The lowest BCUT2D eigenvalue weighted by Gasteiger charge is -2.12. The molecule has 9 nitrogen and oxygen atoms in total. The van der Waals surface area contributed by atoms with Crippen LogP contribution in [-0.4, -0.2) is 33.8 Å². The van der Waals surface area contributed by atoms with E-state index in [-0.39, 0.29) is 28.8 Å². The molecule has 0 fully saturated rings. The van der Waals surface area contributed by atoms with Gasteiger partial charge < -0.3 is 5.11 Å². The lowest BCUT2D eigenvalue weighted by Crippen LogP contribution is -2.29. The molecule has 0 saturated heterocycles. The smallest absolute Gasteiger partial charge is 0.338 e. The average Bonchev–Trinajstić information content (AvgIpc) is 3.03. The molecule has 29 heavy (non-hydrogen) atoms. The molecule has 0 aromatic heterocycles. The van der Waals surface area contributed by atoms with Gasteiger partial charge in [0.1, 0.15) is 5.92 Å². The van der Waals surface area contributed by atoms with E-state index < -0.39 is 16.8 Å². The highest BCUT2D eigenvalue weighted by atomic mass is 16.6. The number of anilines is 1. The van der Waals surface area contributed by atoms with Crippen molar-refractivity contribution in [1.82, 2.24) is 0 Å². The molecule has 9 heteroatoms. The second kappa shape index (κ2) is 8.01. The SMILES string of the molecule is CC(C)C1=NN(c2ccccc2)C(=O)C1/C=N/c1ccc([N+](=O)[O-])cc1C(=O)O. The Kier molecular flexibility index (Phi) is 5.49. The summed E-state index contributed by atoms with van der Waals surface area (Å²) in [5, 5.41) is 26.0. The summed E-state index contributed by atoms with van der Waals surface area (Å²) in [6.07, 6.45) is 1.34. The third-order valence-corrected chi connectivity index (χ3v) is 4.39. The molecule has 0 radical (unpaired) electrons. The number of carboxylic acids is 1. The van der Waals surface area contributed by atoms with Crippen molar-refractivity contribution in [2.45, 2.75) is 13.8 Å². The zero-order valence-corrected chi connectivity index (χ0v) is 15.7. The number of amides is 1. The van der Waals surface area contributed by atoms with E-state index >= 15 is 0 Å². The number of carboxylic acid groups (broad SMARTS) is 1. The molecule has 1 atom stereocenters. The number of carbonyl (C=O) groups excluding carboxylic acids is 1. The summed E-state index contributed by atoms with van der Waals surface area (Å²) < 4.78 is 0. The fraction of sp³-hybridized carbons (Fsp3) is 0.200. The van der Waals surface area contributed by atoms with Gasteiger partial charge in [-0.2, -0.15) is 10.1 Å². The predicted molar refractivity (Wildman–Crippen MR) is 108 cm³/mol. The molecule has 1 aliphatic rings. The Bertz CT molecular complexity index is 1030. The highest BCUT2D eigenvalue weighted by Gasteiger charge is 2.36. The van der Waals surface area contributed by atoms with E-state index in [1.807, 2.05) is 19.9 Å². The predicted octanol–water partition coefficient (Wildman–Crippen LogP) is 3.67. The van der Waals surface area contributed by atoms with Gasteiger partial charge in [-0.15, -0.1) is 0 Å². The second-order valence-electron chi connectivity index (χ2n) is 6.68. The molecule has 0 aliphatic carbocycles. The number of carbonyl (C=O) groups is 2. The average molecular weight is 394 g/mol. The summed E-state index contributed by atoms with van der Waals surface area (Å²) in [6.45, 7) is 3.80. The van der Waals surface area contributed by atoms with Gasteiger partial charge in [-0.05, 0) is 24.1 Å². The number of aliphatic imine (C=N–C) groups is 1. The Morgan fingerprint density at radius 1 is 1.28 bits per heavy atom. The molecule has 2 aromatic carbocycles. The molecule has 0 spiro atoms. The third-order valence-electron chi connectivity index (χ3n) is 4.39. The second-order valence-corrected chi connectivity index (χ2v) is 6.68. The van der Waals surface area contributed by atoms with Crippen LogP contribution in [-0.2, 0) is 4.79 Å². The number of hydrazone groups is 1. The monoisotopic (exact) mass is 394 g/mol. The first-order valence-electron chi connectivity index (χ1n) is 8.83. The van der Waals surface area contributed by atoms with Gasteiger partial charge >= 0.3 is 5.97 Å². The third kappa shape index (κ3) is 4.03. The van der Waals surface area contributed by atoms with Crippen molar-refractivity contribution < 1.29 is 19.6 Å². The molecular weight excluding hydrogens is 376 g/mol. The number of non-ortho nitro benzene ring substituents is 1. The van der Waals surface area contributed by atoms with Crippen LogP contribution in [0, 0.1) is 22.0 Å².